The summed E-state index contributed by atoms with van der Waals surface area (Å²) in [6.45, 7) is 2.31. The molecule has 0 saturated heterocycles. The molecule has 2 heterocycles. The maximum absolute atomic E-state index is 12.2. The van der Waals surface area contributed by atoms with Crippen molar-refractivity contribution in [3.05, 3.63) is 59.9 Å². The van der Waals surface area contributed by atoms with E-state index < -0.39 is 0 Å². The minimum absolute atomic E-state index is 0.147. The molecule has 28 heavy (non-hydrogen) atoms. The van der Waals surface area contributed by atoms with Crippen LogP contribution in [0, 0.1) is 6.92 Å². The predicted molar refractivity (Wildman–Crippen MR) is 111 cm³/mol. The lowest BCUT2D eigenvalue weighted by atomic mass is 10.2. The summed E-state index contributed by atoms with van der Waals surface area (Å²) in [6, 6.07) is 15.6. The van der Waals surface area contributed by atoms with E-state index >= 15 is 0 Å². The molecule has 2 aromatic heterocycles. The molecule has 2 aromatic carbocycles. The van der Waals surface area contributed by atoms with Crippen molar-refractivity contribution < 1.29 is 9.53 Å². The number of carbonyl (C=O) groups excluding carboxylic acids is 1. The zero-order chi connectivity index (χ0) is 19.3. The monoisotopic (exact) mass is 411 g/mol. The molecule has 142 valence electrons. The fourth-order valence-corrected chi connectivity index (χ4v) is 3.90. The molecule has 0 radical (unpaired) electrons. The first-order valence-electron chi connectivity index (χ1n) is 8.55. The van der Waals surface area contributed by atoms with E-state index in [2.05, 4.69) is 25.5 Å². The molecule has 0 atom stereocenters. The van der Waals surface area contributed by atoms with Gasteiger partial charge in [-0.3, -0.25) is 9.89 Å². The fraction of sp³-hybridized carbons (Fsp3) is 0.158. The van der Waals surface area contributed by atoms with E-state index in [1.165, 1.54) is 28.7 Å². The number of H-pyrrole nitrogens is 1. The van der Waals surface area contributed by atoms with Crippen LogP contribution in [-0.2, 0) is 11.4 Å². The topological polar surface area (TPSA) is 92.8 Å². The second-order valence-electron chi connectivity index (χ2n) is 5.99. The number of para-hydroxylation sites is 1. The van der Waals surface area contributed by atoms with Gasteiger partial charge in [-0.15, -0.1) is 5.10 Å². The van der Waals surface area contributed by atoms with Gasteiger partial charge in [0.1, 0.15) is 12.4 Å². The third-order valence-electron chi connectivity index (χ3n) is 3.78. The molecule has 0 bridgehead atoms. The highest BCUT2D eigenvalue weighted by Gasteiger charge is 2.11. The summed E-state index contributed by atoms with van der Waals surface area (Å²) in [5, 5.41) is 10.9. The molecule has 0 spiro atoms. The molecule has 4 aromatic rings. The maximum Gasteiger partial charge on any atom is 0.236 e. The van der Waals surface area contributed by atoms with Crippen LogP contribution in [0.2, 0.25) is 0 Å². The van der Waals surface area contributed by atoms with Gasteiger partial charge in [-0.25, -0.2) is 9.97 Å². The van der Waals surface area contributed by atoms with E-state index in [-0.39, 0.29) is 18.3 Å². The highest BCUT2D eigenvalue weighted by atomic mass is 32.2. The molecule has 9 heteroatoms. The molecular weight excluding hydrogens is 394 g/mol. The number of thioether (sulfide) groups is 1. The quantitative estimate of drug-likeness (QED) is 0.446. The Morgan fingerprint density at radius 3 is 2.82 bits per heavy atom. The van der Waals surface area contributed by atoms with Crippen LogP contribution < -0.4 is 10.1 Å². The number of aromatic amines is 1. The van der Waals surface area contributed by atoms with Crippen LogP contribution in [0.1, 0.15) is 11.4 Å². The Balaban J connectivity index is 1.26. The first kappa shape index (κ1) is 18.5. The maximum atomic E-state index is 12.2. The van der Waals surface area contributed by atoms with E-state index in [0.717, 1.165) is 16.0 Å². The number of ether oxygens (including phenoxy) is 1. The summed E-state index contributed by atoms with van der Waals surface area (Å²) in [6.07, 6.45) is 0. The van der Waals surface area contributed by atoms with E-state index in [1.807, 2.05) is 55.5 Å². The third kappa shape index (κ3) is 4.68. The zero-order valence-corrected chi connectivity index (χ0v) is 16.6. The molecule has 0 fully saturated rings. The summed E-state index contributed by atoms with van der Waals surface area (Å²) in [4.78, 5) is 20.9. The predicted octanol–water partition coefficient (Wildman–Crippen LogP) is 4.03. The minimum Gasteiger partial charge on any atom is -0.486 e. The highest BCUT2D eigenvalue weighted by Crippen LogP contribution is 2.25. The molecule has 1 amide bonds. The summed E-state index contributed by atoms with van der Waals surface area (Å²) < 4.78 is 6.70. The number of aryl methyl sites for hydroxylation is 1. The molecule has 0 aliphatic heterocycles. The molecular formula is C19H17N5O2S2. The van der Waals surface area contributed by atoms with E-state index in [0.29, 0.717) is 16.1 Å². The fourth-order valence-electron chi connectivity index (χ4n) is 2.40. The summed E-state index contributed by atoms with van der Waals surface area (Å²) in [5.74, 6) is 1.43. The van der Waals surface area contributed by atoms with Gasteiger partial charge in [0.25, 0.3) is 0 Å². The Morgan fingerprint density at radius 1 is 1.18 bits per heavy atom. The minimum atomic E-state index is -0.147. The molecule has 0 unspecified atom stereocenters. The van der Waals surface area contributed by atoms with Crippen LogP contribution in [0.3, 0.4) is 0 Å². The Bertz CT molecular complexity index is 1060. The number of hydrogen-bond acceptors (Lipinski definition) is 7. The number of fused-ring (bicyclic) bond motifs is 1. The largest absolute Gasteiger partial charge is 0.486 e. The van der Waals surface area contributed by atoms with Gasteiger partial charge in [-0.2, -0.15) is 0 Å². The van der Waals surface area contributed by atoms with Crippen molar-refractivity contribution in [2.24, 2.45) is 0 Å². The van der Waals surface area contributed by atoms with Crippen molar-refractivity contribution in [2.45, 2.75) is 18.7 Å². The van der Waals surface area contributed by atoms with E-state index in [9.17, 15) is 4.79 Å². The molecule has 0 saturated carbocycles. The number of hydrogen-bond donors (Lipinski definition) is 2. The van der Waals surface area contributed by atoms with Crippen LogP contribution >= 0.6 is 23.1 Å². The average Bonchev–Trinajstić information content (AvgIpc) is 3.32. The van der Waals surface area contributed by atoms with Gasteiger partial charge in [0.2, 0.25) is 11.1 Å². The first-order valence-corrected chi connectivity index (χ1v) is 10.3. The van der Waals surface area contributed by atoms with Gasteiger partial charge in [0.05, 0.1) is 16.0 Å². The third-order valence-corrected chi connectivity index (χ3v) is 5.58. The van der Waals surface area contributed by atoms with E-state index in [4.69, 9.17) is 4.74 Å². The highest BCUT2D eigenvalue weighted by molar-refractivity contribution is 7.99. The van der Waals surface area contributed by atoms with Crippen molar-refractivity contribution >= 4 is 44.4 Å². The van der Waals surface area contributed by atoms with E-state index in [1.54, 1.807) is 0 Å². The number of carbonyl (C=O) groups is 1. The lowest BCUT2D eigenvalue weighted by Gasteiger charge is -2.03. The Hall–Kier alpha value is -2.91. The van der Waals surface area contributed by atoms with Gasteiger partial charge in [0.15, 0.2) is 11.0 Å². The lowest BCUT2D eigenvalue weighted by molar-refractivity contribution is -0.113. The van der Waals surface area contributed by atoms with Gasteiger partial charge in [0, 0.05) is 0 Å². The molecule has 4 rings (SSSR count). The Kier molecular flexibility index (Phi) is 5.54. The second-order valence-corrected chi connectivity index (χ2v) is 7.96. The van der Waals surface area contributed by atoms with Gasteiger partial charge in [-0.05, 0) is 31.2 Å². The number of benzene rings is 2. The van der Waals surface area contributed by atoms with Gasteiger partial charge >= 0.3 is 0 Å². The number of rotatable bonds is 7. The van der Waals surface area contributed by atoms with Crippen LogP contribution in [0.25, 0.3) is 10.2 Å². The normalized spacial score (nSPS) is 10.9. The summed E-state index contributed by atoms with van der Waals surface area (Å²) in [5.41, 5.74) is 2.05. The number of thiazole rings is 1. The van der Waals surface area contributed by atoms with Gasteiger partial charge < -0.3 is 10.1 Å². The number of aromatic nitrogens is 4. The number of nitrogens with one attached hydrogen (secondary N) is 2. The van der Waals surface area contributed by atoms with Crippen LogP contribution in [0.15, 0.2) is 53.7 Å². The summed E-state index contributed by atoms with van der Waals surface area (Å²) >= 11 is 2.71. The van der Waals surface area contributed by atoms with Crippen molar-refractivity contribution in [3.8, 4) is 5.75 Å². The van der Waals surface area contributed by atoms with Crippen molar-refractivity contribution in [3.63, 3.8) is 0 Å². The van der Waals surface area contributed by atoms with Crippen LogP contribution in [-0.4, -0.2) is 31.8 Å². The van der Waals surface area contributed by atoms with Crippen molar-refractivity contribution in [1.29, 1.82) is 0 Å². The van der Waals surface area contributed by atoms with Crippen molar-refractivity contribution in [2.75, 3.05) is 11.1 Å². The smallest absolute Gasteiger partial charge is 0.236 e. The first-order chi connectivity index (χ1) is 13.7. The molecule has 7 nitrogen and oxygen atoms in total. The van der Waals surface area contributed by atoms with Crippen LogP contribution in [0.5, 0.6) is 5.75 Å². The molecule has 0 aliphatic rings. The Morgan fingerprint density at radius 2 is 2.00 bits per heavy atom. The zero-order valence-electron chi connectivity index (χ0n) is 15.0. The number of amides is 1. The average molecular weight is 412 g/mol. The lowest BCUT2D eigenvalue weighted by Crippen LogP contribution is -2.13. The molecule has 2 N–H and O–H groups in total. The second kappa shape index (κ2) is 8.41. The van der Waals surface area contributed by atoms with Crippen LogP contribution in [0.4, 0.5) is 5.13 Å². The number of nitrogens with zero attached hydrogens (tertiary/aromatic N) is 3. The SMILES string of the molecule is Cc1ccc(OCc2nc(SCC(=O)Nc3nc4ccccc4s3)n[nH]2)cc1. The number of anilines is 1. The standard InChI is InChI=1S/C19H17N5O2S2/c1-12-6-8-13(9-7-12)26-10-16-21-19(24-23-16)27-11-17(25)22-18-20-14-4-2-3-5-15(14)28-18/h2-9H,10-11H2,1H3,(H,20,22,25)(H,21,23,24). The van der Waals surface area contributed by atoms with Gasteiger partial charge in [-0.1, -0.05) is 52.9 Å². The molecule has 0 aliphatic carbocycles. The van der Waals surface area contributed by atoms with Crippen molar-refractivity contribution in [1.82, 2.24) is 20.2 Å². The Labute approximate surface area is 169 Å². The summed E-state index contributed by atoms with van der Waals surface area (Å²) in [7, 11) is 0.